The number of halogens is 3. The lowest BCUT2D eigenvalue weighted by Crippen LogP contribution is -2.32. The third-order valence-corrected chi connectivity index (χ3v) is 2.59. The molecule has 0 aromatic heterocycles. The molecule has 0 spiro atoms. The predicted octanol–water partition coefficient (Wildman–Crippen LogP) is 2.85. The number of hydrogen-bond donors (Lipinski definition) is 0. The van der Waals surface area contributed by atoms with Crippen molar-refractivity contribution in [1.82, 2.24) is 0 Å². The standard InChI is InChI=1S/C13H16F3NO2/c1-9-4-5-10(2)11(6-9)17(3)12(18)7-19-8-13(14,15)16/h4-6H,7-8H2,1-3H3. The fourth-order valence-corrected chi connectivity index (χ4v) is 1.57. The number of hydrogen-bond acceptors (Lipinski definition) is 2. The van der Waals surface area contributed by atoms with Crippen molar-refractivity contribution in [1.29, 1.82) is 0 Å². The Hall–Kier alpha value is -1.56. The van der Waals surface area contributed by atoms with Crippen LogP contribution < -0.4 is 4.90 Å². The maximum absolute atomic E-state index is 11.9. The molecule has 19 heavy (non-hydrogen) atoms. The van der Waals surface area contributed by atoms with Gasteiger partial charge in [0.05, 0.1) is 0 Å². The zero-order chi connectivity index (χ0) is 14.6. The number of likely N-dealkylation sites (N-methyl/N-ethyl adjacent to an activating group) is 1. The molecule has 0 saturated carbocycles. The lowest BCUT2D eigenvalue weighted by Gasteiger charge is -2.20. The Morgan fingerprint density at radius 1 is 1.32 bits per heavy atom. The smallest absolute Gasteiger partial charge is 0.362 e. The molecule has 0 aliphatic carbocycles. The summed E-state index contributed by atoms with van der Waals surface area (Å²) >= 11 is 0. The first-order chi connectivity index (χ1) is 8.70. The lowest BCUT2D eigenvalue weighted by atomic mass is 10.1. The average Bonchev–Trinajstić information content (AvgIpc) is 2.29. The molecule has 106 valence electrons. The summed E-state index contributed by atoms with van der Waals surface area (Å²) in [7, 11) is 1.51. The molecule has 6 heteroatoms. The van der Waals surface area contributed by atoms with E-state index < -0.39 is 25.3 Å². The third kappa shape index (κ3) is 4.90. The summed E-state index contributed by atoms with van der Waals surface area (Å²) in [5.74, 6) is -0.516. The van der Waals surface area contributed by atoms with Gasteiger partial charge in [0, 0.05) is 12.7 Å². The molecule has 0 atom stereocenters. The Balaban J connectivity index is 2.64. The van der Waals surface area contributed by atoms with Crippen molar-refractivity contribution < 1.29 is 22.7 Å². The van der Waals surface area contributed by atoms with Crippen LogP contribution >= 0.6 is 0 Å². The molecular weight excluding hydrogens is 259 g/mol. The summed E-state index contributed by atoms with van der Waals surface area (Å²) in [6, 6.07) is 5.55. The van der Waals surface area contributed by atoms with Gasteiger partial charge in [-0.15, -0.1) is 0 Å². The highest BCUT2D eigenvalue weighted by Crippen LogP contribution is 2.20. The Bertz CT molecular complexity index is 458. The van der Waals surface area contributed by atoms with Crippen molar-refractivity contribution in [2.45, 2.75) is 20.0 Å². The second-order valence-corrected chi connectivity index (χ2v) is 4.35. The first-order valence-electron chi connectivity index (χ1n) is 5.69. The average molecular weight is 275 g/mol. The highest BCUT2D eigenvalue weighted by Gasteiger charge is 2.28. The van der Waals surface area contributed by atoms with Crippen molar-refractivity contribution in [3.63, 3.8) is 0 Å². The van der Waals surface area contributed by atoms with E-state index in [4.69, 9.17) is 0 Å². The summed E-state index contributed by atoms with van der Waals surface area (Å²) in [6.07, 6.45) is -4.42. The minimum Gasteiger partial charge on any atom is -0.362 e. The summed E-state index contributed by atoms with van der Waals surface area (Å²) in [4.78, 5) is 13.0. The Morgan fingerprint density at radius 3 is 2.53 bits per heavy atom. The van der Waals surface area contributed by atoms with E-state index in [1.165, 1.54) is 11.9 Å². The minimum atomic E-state index is -4.42. The Labute approximate surface area is 110 Å². The van der Waals surface area contributed by atoms with Gasteiger partial charge in [0.2, 0.25) is 0 Å². The predicted molar refractivity (Wildman–Crippen MR) is 66.2 cm³/mol. The van der Waals surface area contributed by atoms with Gasteiger partial charge in [-0.2, -0.15) is 13.2 Å². The highest BCUT2D eigenvalue weighted by molar-refractivity contribution is 5.94. The van der Waals surface area contributed by atoms with Gasteiger partial charge in [0.25, 0.3) is 5.91 Å². The van der Waals surface area contributed by atoms with Crippen molar-refractivity contribution in [2.24, 2.45) is 0 Å². The van der Waals surface area contributed by atoms with Crippen LogP contribution in [0, 0.1) is 13.8 Å². The SMILES string of the molecule is Cc1ccc(C)c(N(C)C(=O)COCC(F)(F)F)c1. The van der Waals surface area contributed by atoms with E-state index >= 15 is 0 Å². The van der Waals surface area contributed by atoms with Crippen molar-refractivity contribution in [3.05, 3.63) is 29.3 Å². The van der Waals surface area contributed by atoms with Gasteiger partial charge in [-0.25, -0.2) is 0 Å². The van der Waals surface area contributed by atoms with Gasteiger partial charge in [0.1, 0.15) is 13.2 Å². The summed E-state index contributed by atoms with van der Waals surface area (Å²) in [5.41, 5.74) is 2.51. The van der Waals surface area contributed by atoms with E-state index in [2.05, 4.69) is 4.74 Å². The lowest BCUT2D eigenvalue weighted by molar-refractivity contribution is -0.175. The van der Waals surface area contributed by atoms with Gasteiger partial charge in [-0.3, -0.25) is 4.79 Å². The normalized spacial score (nSPS) is 11.5. The van der Waals surface area contributed by atoms with E-state index in [1.807, 2.05) is 26.0 Å². The van der Waals surface area contributed by atoms with Gasteiger partial charge in [0.15, 0.2) is 0 Å². The van der Waals surface area contributed by atoms with E-state index in [0.29, 0.717) is 5.69 Å². The molecule has 0 bridgehead atoms. The molecule has 0 heterocycles. The third-order valence-electron chi connectivity index (χ3n) is 2.59. The van der Waals surface area contributed by atoms with Crippen LogP contribution in [0.2, 0.25) is 0 Å². The molecule has 0 aliphatic rings. The molecule has 0 radical (unpaired) electrons. The molecule has 1 rings (SSSR count). The van der Waals surface area contributed by atoms with Crippen LogP contribution in [0.5, 0.6) is 0 Å². The van der Waals surface area contributed by atoms with Crippen molar-refractivity contribution in [2.75, 3.05) is 25.2 Å². The number of carbonyl (C=O) groups is 1. The van der Waals surface area contributed by atoms with Crippen LogP contribution in [-0.2, 0) is 9.53 Å². The number of nitrogens with zero attached hydrogens (tertiary/aromatic N) is 1. The quantitative estimate of drug-likeness (QED) is 0.845. The fourth-order valence-electron chi connectivity index (χ4n) is 1.57. The molecule has 1 aromatic rings. The molecular formula is C13H16F3NO2. The zero-order valence-corrected chi connectivity index (χ0v) is 11.0. The number of benzene rings is 1. The van der Waals surface area contributed by atoms with Gasteiger partial charge in [-0.1, -0.05) is 12.1 Å². The molecule has 0 saturated heterocycles. The van der Waals surface area contributed by atoms with E-state index in [9.17, 15) is 18.0 Å². The van der Waals surface area contributed by atoms with E-state index in [1.54, 1.807) is 6.07 Å². The first-order valence-corrected chi connectivity index (χ1v) is 5.69. The van der Waals surface area contributed by atoms with Crippen LogP contribution in [-0.4, -0.2) is 32.3 Å². The maximum Gasteiger partial charge on any atom is 0.411 e. The minimum absolute atomic E-state index is 0.516. The molecule has 0 fully saturated rings. The van der Waals surface area contributed by atoms with Gasteiger partial charge < -0.3 is 9.64 Å². The highest BCUT2D eigenvalue weighted by atomic mass is 19.4. The number of ether oxygens (including phenoxy) is 1. The number of amides is 1. The second kappa shape index (κ2) is 6.06. The van der Waals surface area contributed by atoms with Crippen LogP contribution in [0.1, 0.15) is 11.1 Å². The zero-order valence-electron chi connectivity index (χ0n) is 11.0. The van der Waals surface area contributed by atoms with E-state index in [0.717, 1.165) is 11.1 Å². The summed E-state index contributed by atoms with van der Waals surface area (Å²) in [6.45, 7) is 1.69. The maximum atomic E-state index is 11.9. The largest absolute Gasteiger partial charge is 0.411 e. The molecule has 3 nitrogen and oxygen atoms in total. The van der Waals surface area contributed by atoms with Crippen LogP contribution in [0.15, 0.2) is 18.2 Å². The Morgan fingerprint density at radius 2 is 1.95 bits per heavy atom. The van der Waals surface area contributed by atoms with Crippen LogP contribution in [0.25, 0.3) is 0 Å². The summed E-state index contributed by atoms with van der Waals surface area (Å²) in [5, 5.41) is 0. The monoisotopic (exact) mass is 275 g/mol. The number of alkyl halides is 3. The van der Waals surface area contributed by atoms with Crippen molar-refractivity contribution in [3.8, 4) is 0 Å². The van der Waals surface area contributed by atoms with E-state index in [-0.39, 0.29) is 0 Å². The van der Waals surface area contributed by atoms with Crippen LogP contribution in [0.4, 0.5) is 18.9 Å². The van der Waals surface area contributed by atoms with Crippen LogP contribution in [0.3, 0.4) is 0 Å². The van der Waals surface area contributed by atoms with Gasteiger partial charge >= 0.3 is 6.18 Å². The van der Waals surface area contributed by atoms with Gasteiger partial charge in [-0.05, 0) is 31.0 Å². The number of anilines is 1. The number of rotatable bonds is 4. The second-order valence-electron chi connectivity index (χ2n) is 4.35. The molecule has 0 N–H and O–H groups in total. The van der Waals surface area contributed by atoms with Crippen molar-refractivity contribution >= 4 is 11.6 Å². The number of aryl methyl sites for hydroxylation is 2. The summed E-state index contributed by atoms with van der Waals surface area (Å²) < 4.78 is 40.0. The molecule has 0 unspecified atom stereocenters. The number of carbonyl (C=O) groups excluding carboxylic acids is 1. The fraction of sp³-hybridized carbons (Fsp3) is 0.462. The molecule has 0 aliphatic heterocycles. The topological polar surface area (TPSA) is 29.5 Å². The first kappa shape index (κ1) is 15.5. The molecule has 1 amide bonds. The molecule has 1 aromatic carbocycles. The Kier molecular flexibility index (Phi) is 4.94.